The van der Waals surface area contributed by atoms with E-state index in [2.05, 4.69) is 15.5 Å². The zero-order chi connectivity index (χ0) is 9.84. The van der Waals surface area contributed by atoms with Crippen LogP contribution in [0.1, 0.15) is 0 Å². The molecule has 2 amide bonds. The molecule has 1 rings (SSSR count). The molecular formula is C7H13N3O3. The van der Waals surface area contributed by atoms with Crippen LogP contribution in [0.5, 0.6) is 0 Å². The van der Waals surface area contributed by atoms with Crippen molar-refractivity contribution in [3.63, 3.8) is 0 Å². The van der Waals surface area contributed by atoms with Crippen LogP contribution in [0, 0.1) is 0 Å². The van der Waals surface area contributed by atoms with E-state index < -0.39 is 6.04 Å². The van der Waals surface area contributed by atoms with Gasteiger partial charge in [-0.25, -0.2) is 5.01 Å². The van der Waals surface area contributed by atoms with Gasteiger partial charge in [-0.3, -0.25) is 15.0 Å². The van der Waals surface area contributed by atoms with E-state index in [-0.39, 0.29) is 18.4 Å². The number of rotatable bonds is 3. The molecule has 1 aliphatic rings. The van der Waals surface area contributed by atoms with Gasteiger partial charge in [-0.1, -0.05) is 0 Å². The Balaban J connectivity index is 2.37. The fraction of sp³-hybridized carbons (Fsp3) is 0.714. The van der Waals surface area contributed by atoms with Gasteiger partial charge in [-0.15, -0.1) is 0 Å². The Morgan fingerprint density at radius 1 is 1.85 bits per heavy atom. The monoisotopic (exact) mass is 187 g/mol. The summed E-state index contributed by atoms with van der Waals surface area (Å²) in [6.07, 6.45) is 0. The van der Waals surface area contributed by atoms with Crippen molar-refractivity contribution in [1.82, 2.24) is 15.8 Å². The minimum absolute atomic E-state index is 0.0203. The van der Waals surface area contributed by atoms with Gasteiger partial charge < -0.3 is 10.1 Å². The number of likely N-dealkylation sites (N-methyl/N-ethyl adjacent to an activating group) is 1. The molecule has 0 aromatic rings. The average Bonchev–Trinajstić information content (AvgIpc) is 2.30. The number of hydrogen-bond acceptors (Lipinski definition) is 4. The largest absolute Gasteiger partial charge is 0.375 e. The fourth-order valence-electron chi connectivity index (χ4n) is 1.15. The molecule has 1 atom stereocenters. The van der Waals surface area contributed by atoms with Gasteiger partial charge in [0.2, 0.25) is 5.91 Å². The van der Waals surface area contributed by atoms with Crippen molar-refractivity contribution in [3.8, 4) is 0 Å². The van der Waals surface area contributed by atoms with Gasteiger partial charge in [0.15, 0.2) is 0 Å². The van der Waals surface area contributed by atoms with Gasteiger partial charge in [-0.05, 0) is 0 Å². The van der Waals surface area contributed by atoms with Gasteiger partial charge in [0.05, 0.1) is 0 Å². The molecule has 13 heavy (non-hydrogen) atoms. The molecular weight excluding hydrogens is 174 g/mol. The predicted molar refractivity (Wildman–Crippen MR) is 44.6 cm³/mol. The van der Waals surface area contributed by atoms with Crippen molar-refractivity contribution in [1.29, 1.82) is 0 Å². The maximum atomic E-state index is 11.1. The lowest BCUT2D eigenvalue weighted by molar-refractivity contribution is -0.129. The standard InChI is InChI=1S/C7H13N3O3/c1-10-3-5(7(12)9-10)8-6(11)4-13-2/h5H,3-4H2,1-2H3,(H,8,11)(H,9,12). The summed E-state index contributed by atoms with van der Waals surface area (Å²) >= 11 is 0. The van der Waals surface area contributed by atoms with Crippen molar-refractivity contribution < 1.29 is 14.3 Å². The van der Waals surface area contributed by atoms with E-state index in [1.165, 1.54) is 7.11 Å². The third kappa shape index (κ3) is 2.67. The van der Waals surface area contributed by atoms with Gasteiger partial charge in [0.25, 0.3) is 5.91 Å². The fourth-order valence-corrected chi connectivity index (χ4v) is 1.15. The molecule has 0 bridgehead atoms. The topological polar surface area (TPSA) is 70.7 Å². The number of ether oxygens (including phenoxy) is 1. The smallest absolute Gasteiger partial charge is 0.258 e. The Morgan fingerprint density at radius 3 is 3.00 bits per heavy atom. The minimum atomic E-state index is -0.465. The lowest BCUT2D eigenvalue weighted by atomic mass is 10.3. The summed E-state index contributed by atoms with van der Waals surface area (Å²) in [5.74, 6) is -0.468. The van der Waals surface area contributed by atoms with Crippen LogP contribution >= 0.6 is 0 Å². The van der Waals surface area contributed by atoms with Gasteiger partial charge in [-0.2, -0.15) is 0 Å². The third-order valence-corrected chi connectivity index (χ3v) is 1.68. The molecule has 0 radical (unpaired) electrons. The molecule has 1 aliphatic heterocycles. The summed E-state index contributed by atoms with van der Waals surface area (Å²) in [5, 5.41) is 4.17. The van der Waals surface area contributed by atoms with Crippen LogP contribution in [-0.4, -0.2) is 50.2 Å². The second-order valence-corrected chi connectivity index (χ2v) is 2.91. The van der Waals surface area contributed by atoms with E-state index in [0.717, 1.165) is 0 Å². The summed E-state index contributed by atoms with van der Waals surface area (Å²) in [5.41, 5.74) is 2.55. The van der Waals surface area contributed by atoms with Crippen molar-refractivity contribution in [2.45, 2.75) is 6.04 Å². The Hall–Kier alpha value is -1.14. The van der Waals surface area contributed by atoms with Crippen LogP contribution in [0.4, 0.5) is 0 Å². The minimum Gasteiger partial charge on any atom is -0.375 e. The molecule has 1 saturated heterocycles. The Labute approximate surface area is 76.2 Å². The number of hydrazine groups is 1. The molecule has 0 saturated carbocycles. The summed E-state index contributed by atoms with van der Waals surface area (Å²) < 4.78 is 4.62. The van der Waals surface area contributed by atoms with E-state index in [1.807, 2.05) is 0 Å². The van der Waals surface area contributed by atoms with Crippen molar-refractivity contribution in [3.05, 3.63) is 0 Å². The Kier molecular flexibility index (Phi) is 3.21. The number of amides is 2. The van der Waals surface area contributed by atoms with Crippen LogP contribution in [0.2, 0.25) is 0 Å². The third-order valence-electron chi connectivity index (χ3n) is 1.68. The van der Waals surface area contributed by atoms with Crippen LogP contribution in [0.3, 0.4) is 0 Å². The molecule has 74 valence electrons. The van der Waals surface area contributed by atoms with Crippen LogP contribution < -0.4 is 10.7 Å². The quantitative estimate of drug-likeness (QED) is 0.541. The second-order valence-electron chi connectivity index (χ2n) is 2.91. The highest BCUT2D eigenvalue weighted by atomic mass is 16.5. The SMILES string of the molecule is COCC(=O)NC1CN(C)NC1=O. The first-order chi connectivity index (χ1) is 6.13. The lowest BCUT2D eigenvalue weighted by Gasteiger charge is -2.08. The van der Waals surface area contributed by atoms with E-state index in [1.54, 1.807) is 12.1 Å². The number of nitrogens with zero attached hydrogens (tertiary/aromatic N) is 1. The maximum Gasteiger partial charge on any atom is 0.258 e. The number of hydrogen-bond donors (Lipinski definition) is 2. The highest BCUT2D eigenvalue weighted by Crippen LogP contribution is 1.96. The molecule has 0 spiro atoms. The van der Waals surface area contributed by atoms with Crippen molar-refractivity contribution in [2.75, 3.05) is 27.3 Å². The molecule has 0 aliphatic carbocycles. The molecule has 1 fully saturated rings. The Bertz CT molecular complexity index is 219. The molecule has 0 aromatic carbocycles. The summed E-state index contributed by atoms with van der Waals surface area (Å²) in [7, 11) is 3.17. The normalized spacial score (nSPS) is 22.9. The number of methoxy groups -OCH3 is 1. The van der Waals surface area contributed by atoms with Gasteiger partial charge in [0.1, 0.15) is 12.6 Å². The van der Waals surface area contributed by atoms with Gasteiger partial charge >= 0.3 is 0 Å². The first-order valence-corrected chi connectivity index (χ1v) is 3.93. The molecule has 1 unspecified atom stereocenters. The van der Waals surface area contributed by atoms with Gasteiger partial charge in [0, 0.05) is 20.7 Å². The molecule has 0 aromatic heterocycles. The van der Waals surface area contributed by atoms with Crippen molar-refractivity contribution >= 4 is 11.8 Å². The molecule has 6 heteroatoms. The second kappa shape index (κ2) is 4.20. The molecule has 6 nitrogen and oxygen atoms in total. The van der Waals surface area contributed by atoms with E-state index in [4.69, 9.17) is 0 Å². The summed E-state index contributed by atoms with van der Waals surface area (Å²) in [4.78, 5) is 22.1. The van der Waals surface area contributed by atoms with E-state index in [9.17, 15) is 9.59 Å². The maximum absolute atomic E-state index is 11.1. The number of nitrogens with one attached hydrogen (secondary N) is 2. The Morgan fingerprint density at radius 2 is 2.54 bits per heavy atom. The van der Waals surface area contributed by atoms with E-state index in [0.29, 0.717) is 6.54 Å². The zero-order valence-electron chi connectivity index (χ0n) is 7.66. The average molecular weight is 187 g/mol. The zero-order valence-corrected chi connectivity index (χ0v) is 7.66. The van der Waals surface area contributed by atoms with E-state index >= 15 is 0 Å². The van der Waals surface area contributed by atoms with Crippen LogP contribution in [0.25, 0.3) is 0 Å². The predicted octanol–water partition coefficient (Wildman–Crippen LogP) is -1.91. The van der Waals surface area contributed by atoms with Crippen LogP contribution in [-0.2, 0) is 14.3 Å². The molecule has 2 N–H and O–H groups in total. The lowest BCUT2D eigenvalue weighted by Crippen LogP contribution is -2.43. The molecule has 1 heterocycles. The van der Waals surface area contributed by atoms with Crippen LogP contribution in [0.15, 0.2) is 0 Å². The number of carbonyl (C=O) groups excluding carboxylic acids is 2. The van der Waals surface area contributed by atoms with Crippen molar-refractivity contribution in [2.24, 2.45) is 0 Å². The number of carbonyl (C=O) groups is 2. The first kappa shape index (κ1) is 9.94. The summed E-state index contributed by atoms with van der Waals surface area (Å²) in [6.45, 7) is 0.460. The summed E-state index contributed by atoms with van der Waals surface area (Å²) in [6, 6.07) is -0.465. The highest BCUT2D eigenvalue weighted by molar-refractivity contribution is 5.89. The highest BCUT2D eigenvalue weighted by Gasteiger charge is 2.29. The first-order valence-electron chi connectivity index (χ1n) is 3.93.